The van der Waals surface area contributed by atoms with Crippen molar-refractivity contribution in [3.63, 3.8) is 0 Å². The summed E-state index contributed by atoms with van der Waals surface area (Å²) in [6.07, 6.45) is 1.58. The van der Waals surface area contributed by atoms with Crippen LogP contribution in [-0.4, -0.2) is 30.4 Å². The van der Waals surface area contributed by atoms with Gasteiger partial charge in [0.25, 0.3) is 0 Å². The van der Waals surface area contributed by atoms with Crippen LogP contribution in [0.2, 0.25) is 0 Å². The van der Waals surface area contributed by atoms with Crippen LogP contribution in [0.4, 0.5) is 5.69 Å². The maximum absolute atomic E-state index is 11.7. The molecule has 16 heavy (non-hydrogen) atoms. The molecule has 0 aliphatic rings. The van der Waals surface area contributed by atoms with E-state index in [1.807, 2.05) is 0 Å². The molecule has 90 valence electrons. The topological polar surface area (TPSA) is 77.2 Å². The lowest BCUT2D eigenvalue weighted by atomic mass is 10.3. The fourth-order valence-electron chi connectivity index (χ4n) is 1.23. The Bertz CT molecular complexity index is 483. The van der Waals surface area contributed by atoms with Gasteiger partial charge in [0.1, 0.15) is 9.84 Å². The molecule has 0 aliphatic carbocycles. The van der Waals surface area contributed by atoms with Gasteiger partial charge in [0.05, 0.1) is 16.6 Å². The molecule has 2 N–H and O–H groups in total. The number of nitrogens with two attached hydrogens (primary N) is 1. The van der Waals surface area contributed by atoms with E-state index in [4.69, 9.17) is 5.73 Å². The maximum atomic E-state index is 11.7. The van der Waals surface area contributed by atoms with Gasteiger partial charge in [-0.15, -0.1) is 0 Å². The third-order valence-electron chi connectivity index (χ3n) is 1.97. The maximum Gasteiger partial charge on any atom is 0.147 e. The monoisotopic (exact) mass is 261 g/mol. The van der Waals surface area contributed by atoms with Crippen molar-refractivity contribution in [2.45, 2.75) is 11.3 Å². The highest BCUT2D eigenvalue weighted by molar-refractivity contribution is 7.90. The molecule has 0 fully saturated rings. The standard InChI is InChI=1S/C10H15NO3S2/c1-16(13,14)7-3-6-15(12)10-5-2-4-9(11)8-10/h2,4-5,8H,3,6-7,11H2,1H3. The van der Waals surface area contributed by atoms with Gasteiger partial charge in [-0.1, -0.05) is 6.07 Å². The molecular weight excluding hydrogens is 246 g/mol. The number of hydrogen-bond donors (Lipinski definition) is 1. The Morgan fingerprint density at radius 3 is 2.62 bits per heavy atom. The van der Waals surface area contributed by atoms with Crippen molar-refractivity contribution in [2.75, 3.05) is 23.5 Å². The van der Waals surface area contributed by atoms with E-state index in [1.54, 1.807) is 24.3 Å². The fraction of sp³-hybridized carbons (Fsp3) is 0.400. The first kappa shape index (κ1) is 13.2. The number of nitrogen functional groups attached to an aromatic ring is 1. The molecule has 1 unspecified atom stereocenters. The molecular formula is C10H15NO3S2. The number of sulfone groups is 1. The van der Waals surface area contributed by atoms with Crippen molar-refractivity contribution in [1.82, 2.24) is 0 Å². The first-order valence-corrected chi connectivity index (χ1v) is 8.18. The van der Waals surface area contributed by atoms with Crippen LogP contribution < -0.4 is 5.73 Å². The lowest BCUT2D eigenvalue weighted by molar-refractivity contribution is 0.600. The summed E-state index contributed by atoms with van der Waals surface area (Å²) in [4.78, 5) is 0.647. The average molecular weight is 261 g/mol. The van der Waals surface area contributed by atoms with Gasteiger partial charge in [0, 0.05) is 22.6 Å². The van der Waals surface area contributed by atoms with E-state index in [0.29, 0.717) is 22.8 Å². The smallest absolute Gasteiger partial charge is 0.147 e. The second kappa shape index (κ2) is 5.45. The molecule has 0 heterocycles. The number of hydrogen-bond acceptors (Lipinski definition) is 4. The molecule has 1 aromatic carbocycles. The lowest BCUT2D eigenvalue weighted by Crippen LogP contribution is -2.08. The molecule has 0 amide bonds. The summed E-state index contributed by atoms with van der Waals surface area (Å²) < 4.78 is 33.5. The second-order valence-electron chi connectivity index (χ2n) is 3.61. The van der Waals surface area contributed by atoms with E-state index in [2.05, 4.69) is 0 Å². The first-order valence-electron chi connectivity index (χ1n) is 4.80. The zero-order valence-corrected chi connectivity index (χ0v) is 10.7. The minimum absolute atomic E-state index is 0.0705. The zero-order valence-electron chi connectivity index (χ0n) is 9.05. The van der Waals surface area contributed by atoms with Gasteiger partial charge in [-0.2, -0.15) is 0 Å². The van der Waals surface area contributed by atoms with Gasteiger partial charge in [0.2, 0.25) is 0 Å². The van der Waals surface area contributed by atoms with E-state index < -0.39 is 20.6 Å². The lowest BCUT2D eigenvalue weighted by Gasteiger charge is -2.02. The van der Waals surface area contributed by atoms with Crippen LogP contribution in [0, 0.1) is 0 Å². The highest BCUT2D eigenvalue weighted by atomic mass is 32.2. The molecule has 0 spiro atoms. The van der Waals surface area contributed by atoms with Crippen LogP contribution in [-0.2, 0) is 20.6 Å². The van der Waals surface area contributed by atoms with Crippen molar-refractivity contribution in [1.29, 1.82) is 0 Å². The third kappa shape index (κ3) is 4.76. The molecule has 0 bridgehead atoms. The van der Waals surface area contributed by atoms with Crippen LogP contribution in [0.25, 0.3) is 0 Å². The number of anilines is 1. The van der Waals surface area contributed by atoms with Crippen molar-refractivity contribution in [2.24, 2.45) is 0 Å². The Kier molecular flexibility index (Phi) is 4.49. The SMILES string of the molecule is CS(=O)(=O)CCCS(=O)c1cccc(N)c1. The average Bonchev–Trinajstić information content (AvgIpc) is 2.15. The van der Waals surface area contributed by atoms with Crippen LogP contribution in [0.1, 0.15) is 6.42 Å². The molecule has 0 saturated carbocycles. The Morgan fingerprint density at radius 1 is 1.38 bits per heavy atom. The number of rotatable bonds is 5. The van der Waals surface area contributed by atoms with Crippen LogP contribution in [0.5, 0.6) is 0 Å². The first-order chi connectivity index (χ1) is 7.38. The van der Waals surface area contributed by atoms with Gasteiger partial charge in [-0.3, -0.25) is 4.21 Å². The second-order valence-corrected chi connectivity index (χ2v) is 7.44. The molecule has 1 aromatic rings. The molecule has 0 radical (unpaired) electrons. The Labute approximate surface area is 98.2 Å². The molecule has 0 saturated heterocycles. The molecule has 4 nitrogen and oxygen atoms in total. The summed E-state index contributed by atoms with van der Waals surface area (Å²) in [6, 6.07) is 6.83. The van der Waals surface area contributed by atoms with E-state index in [1.165, 1.54) is 6.26 Å². The van der Waals surface area contributed by atoms with E-state index in [9.17, 15) is 12.6 Å². The summed E-state index contributed by atoms with van der Waals surface area (Å²) in [5.74, 6) is 0.414. The number of benzene rings is 1. The summed E-state index contributed by atoms with van der Waals surface area (Å²) in [6.45, 7) is 0. The zero-order chi connectivity index (χ0) is 12.2. The molecule has 0 aliphatic heterocycles. The Morgan fingerprint density at radius 2 is 2.06 bits per heavy atom. The minimum Gasteiger partial charge on any atom is -0.399 e. The van der Waals surface area contributed by atoms with Crippen molar-refractivity contribution >= 4 is 26.3 Å². The molecule has 0 aromatic heterocycles. The molecule has 1 rings (SSSR count). The Balaban J connectivity index is 2.54. The van der Waals surface area contributed by atoms with Crippen LogP contribution in [0.3, 0.4) is 0 Å². The third-order valence-corrected chi connectivity index (χ3v) is 4.44. The van der Waals surface area contributed by atoms with Crippen molar-refractivity contribution in [3.05, 3.63) is 24.3 Å². The fourth-order valence-corrected chi connectivity index (χ4v) is 3.22. The quantitative estimate of drug-likeness (QED) is 0.796. The van der Waals surface area contributed by atoms with Crippen molar-refractivity contribution < 1.29 is 12.6 Å². The highest BCUT2D eigenvalue weighted by Crippen LogP contribution is 2.11. The normalized spacial score (nSPS) is 13.6. The van der Waals surface area contributed by atoms with Crippen LogP contribution >= 0.6 is 0 Å². The molecule has 6 heteroatoms. The highest BCUT2D eigenvalue weighted by Gasteiger charge is 2.07. The summed E-state index contributed by atoms with van der Waals surface area (Å²) in [7, 11) is -4.14. The Hall–Kier alpha value is -0.880. The van der Waals surface area contributed by atoms with Gasteiger partial charge in [0.15, 0.2) is 0 Å². The van der Waals surface area contributed by atoms with Gasteiger partial charge >= 0.3 is 0 Å². The van der Waals surface area contributed by atoms with Gasteiger partial charge in [-0.25, -0.2) is 8.42 Å². The van der Waals surface area contributed by atoms with E-state index in [-0.39, 0.29) is 5.75 Å². The van der Waals surface area contributed by atoms with E-state index >= 15 is 0 Å². The van der Waals surface area contributed by atoms with Gasteiger partial charge in [-0.05, 0) is 24.6 Å². The summed E-state index contributed by atoms with van der Waals surface area (Å²) in [5, 5.41) is 0. The largest absolute Gasteiger partial charge is 0.399 e. The van der Waals surface area contributed by atoms with Crippen molar-refractivity contribution in [3.8, 4) is 0 Å². The molecule has 1 atom stereocenters. The predicted molar refractivity (Wildman–Crippen MR) is 66.5 cm³/mol. The summed E-state index contributed by atoms with van der Waals surface area (Å²) >= 11 is 0. The van der Waals surface area contributed by atoms with Gasteiger partial charge < -0.3 is 5.73 Å². The predicted octanol–water partition coefficient (Wildman–Crippen LogP) is 0.811. The van der Waals surface area contributed by atoms with Crippen LogP contribution in [0.15, 0.2) is 29.2 Å². The van der Waals surface area contributed by atoms with E-state index in [0.717, 1.165) is 0 Å². The minimum atomic E-state index is -2.97. The summed E-state index contributed by atoms with van der Waals surface area (Å²) in [5.41, 5.74) is 6.13.